The molecule has 4 heteroatoms. The molecular weight excluding hydrogens is 212 g/mol. The Hall–Kier alpha value is -1.45. The van der Waals surface area contributed by atoms with Gasteiger partial charge in [0.15, 0.2) is 0 Å². The van der Waals surface area contributed by atoms with E-state index >= 15 is 0 Å². The monoisotopic (exact) mass is 225 g/mol. The molecule has 2 N–H and O–H groups in total. The minimum absolute atomic E-state index is 0.00331. The summed E-state index contributed by atoms with van der Waals surface area (Å²) in [4.78, 5) is 10.8. The normalized spacial score (nSPS) is 17.2. The van der Waals surface area contributed by atoms with Crippen molar-refractivity contribution in [2.24, 2.45) is 11.7 Å². The molecule has 0 spiro atoms. The van der Waals surface area contributed by atoms with Gasteiger partial charge in [-0.05, 0) is 42.4 Å². The van der Waals surface area contributed by atoms with Crippen LogP contribution in [-0.4, -0.2) is 5.91 Å². The molecule has 0 saturated heterocycles. The van der Waals surface area contributed by atoms with Crippen LogP contribution >= 0.6 is 0 Å². The second-order valence-corrected chi connectivity index (χ2v) is 4.34. The Morgan fingerprint density at radius 3 is 2.50 bits per heavy atom. The highest BCUT2D eigenvalue weighted by Crippen LogP contribution is 2.43. The highest BCUT2D eigenvalue weighted by atomic mass is 19.1. The van der Waals surface area contributed by atoms with Crippen molar-refractivity contribution in [3.8, 4) is 0 Å². The van der Waals surface area contributed by atoms with E-state index in [-0.39, 0.29) is 11.5 Å². The van der Waals surface area contributed by atoms with E-state index in [1.54, 1.807) is 0 Å². The zero-order valence-electron chi connectivity index (χ0n) is 8.97. The molecule has 1 saturated carbocycles. The summed E-state index contributed by atoms with van der Waals surface area (Å²) in [5.41, 5.74) is 4.89. The van der Waals surface area contributed by atoms with Crippen molar-refractivity contribution in [3.63, 3.8) is 0 Å². The molecule has 1 fully saturated rings. The zero-order valence-corrected chi connectivity index (χ0v) is 8.97. The van der Waals surface area contributed by atoms with Crippen LogP contribution in [0, 0.1) is 17.6 Å². The van der Waals surface area contributed by atoms with Crippen LogP contribution < -0.4 is 5.73 Å². The predicted molar refractivity (Wildman–Crippen MR) is 56.0 cm³/mol. The van der Waals surface area contributed by atoms with E-state index in [2.05, 4.69) is 0 Å². The topological polar surface area (TPSA) is 43.1 Å². The molecule has 2 rings (SSSR count). The fraction of sp³-hybridized carbons (Fsp3) is 0.417. The molecule has 0 heterocycles. The van der Waals surface area contributed by atoms with E-state index < -0.39 is 17.5 Å². The first-order valence-electron chi connectivity index (χ1n) is 5.29. The molecule has 1 amide bonds. The third-order valence-electron chi connectivity index (χ3n) is 3.17. The van der Waals surface area contributed by atoms with Gasteiger partial charge in [-0.15, -0.1) is 0 Å². The number of benzene rings is 1. The molecule has 16 heavy (non-hydrogen) atoms. The molecule has 0 radical (unpaired) electrons. The van der Waals surface area contributed by atoms with Gasteiger partial charge < -0.3 is 5.73 Å². The van der Waals surface area contributed by atoms with Gasteiger partial charge in [-0.3, -0.25) is 4.79 Å². The summed E-state index contributed by atoms with van der Waals surface area (Å²) < 4.78 is 27.1. The van der Waals surface area contributed by atoms with Gasteiger partial charge >= 0.3 is 0 Å². The quantitative estimate of drug-likeness (QED) is 0.844. The maximum atomic E-state index is 13.7. The van der Waals surface area contributed by atoms with Gasteiger partial charge in [0.1, 0.15) is 11.6 Å². The number of hydrogen-bond donors (Lipinski definition) is 1. The summed E-state index contributed by atoms with van der Waals surface area (Å²) in [6.45, 7) is 1.87. The van der Waals surface area contributed by atoms with Crippen molar-refractivity contribution in [1.82, 2.24) is 0 Å². The summed E-state index contributed by atoms with van der Waals surface area (Å²) >= 11 is 0. The first-order valence-corrected chi connectivity index (χ1v) is 5.29. The fourth-order valence-electron chi connectivity index (χ4n) is 1.95. The van der Waals surface area contributed by atoms with Gasteiger partial charge in [-0.1, -0.05) is 6.92 Å². The summed E-state index contributed by atoms with van der Waals surface area (Å²) in [5, 5.41) is 0. The van der Waals surface area contributed by atoms with Crippen LogP contribution in [0.1, 0.15) is 41.6 Å². The summed E-state index contributed by atoms with van der Waals surface area (Å²) in [6, 6.07) is 1.99. The molecule has 1 aliphatic rings. The average Bonchev–Trinajstić information content (AvgIpc) is 3.03. The molecular formula is C12H13F2NO. The lowest BCUT2D eigenvalue weighted by atomic mass is 9.94. The first-order chi connectivity index (χ1) is 7.50. The molecule has 1 aromatic rings. The molecule has 1 aliphatic carbocycles. The predicted octanol–water partition coefficient (Wildman–Crippen LogP) is 2.58. The van der Waals surface area contributed by atoms with Crippen LogP contribution in [0.5, 0.6) is 0 Å². The van der Waals surface area contributed by atoms with E-state index in [1.807, 2.05) is 6.92 Å². The molecule has 1 aromatic carbocycles. The van der Waals surface area contributed by atoms with Gasteiger partial charge in [-0.2, -0.15) is 0 Å². The summed E-state index contributed by atoms with van der Waals surface area (Å²) in [5.74, 6) is -1.79. The lowest BCUT2D eigenvalue weighted by molar-refractivity contribution is 0.0996. The number of amides is 1. The number of primary amides is 1. The Bertz CT molecular complexity index is 441. The number of rotatable bonds is 3. The van der Waals surface area contributed by atoms with Crippen molar-refractivity contribution in [2.75, 3.05) is 0 Å². The van der Waals surface area contributed by atoms with Crippen LogP contribution in [-0.2, 0) is 0 Å². The maximum absolute atomic E-state index is 13.7. The second-order valence-electron chi connectivity index (χ2n) is 4.34. The van der Waals surface area contributed by atoms with Crippen LogP contribution in [0.3, 0.4) is 0 Å². The van der Waals surface area contributed by atoms with Crippen LogP contribution in [0.2, 0.25) is 0 Å². The molecule has 0 bridgehead atoms. The smallest absolute Gasteiger partial charge is 0.251 e. The number of carbonyl (C=O) groups excluding carboxylic acids is 1. The molecule has 86 valence electrons. The highest BCUT2D eigenvalue weighted by molar-refractivity contribution is 5.93. The van der Waals surface area contributed by atoms with Crippen molar-refractivity contribution >= 4 is 5.91 Å². The van der Waals surface area contributed by atoms with E-state index in [9.17, 15) is 13.6 Å². The van der Waals surface area contributed by atoms with Gasteiger partial charge in [0.25, 0.3) is 5.91 Å². The van der Waals surface area contributed by atoms with Crippen molar-refractivity contribution in [2.45, 2.75) is 25.7 Å². The van der Waals surface area contributed by atoms with Crippen molar-refractivity contribution in [3.05, 3.63) is 34.9 Å². The number of halogens is 2. The molecule has 2 nitrogen and oxygen atoms in total. The average molecular weight is 225 g/mol. The molecule has 0 aliphatic heterocycles. The standard InChI is InChI=1S/C12H13F2NO/c1-6(7-2-3-7)8-4-11(14)9(12(15)16)5-10(8)13/h4-7H,2-3H2,1H3,(H2,15,16). The van der Waals surface area contributed by atoms with Crippen LogP contribution in [0.25, 0.3) is 0 Å². The Kier molecular flexibility index (Phi) is 2.66. The third kappa shape index (κ3) is 1.92. The van der Waals surface area contributed by atoms with E-state index in [4.69, 9.17) is 5.73 Å². The first kappa shape index (κ1) is 11.0. The van der Waals surface area contributed by atoms with Crippen molar-refractivity contribution in [1.29, 1.82) is 0 Å². The summed E-state index contributed by atoms with van der Waals surface area (Å²) in [7, 11) is 0. The second kappa shape index (κ2) is 3.85. The molecule has 1 atom stereocenters. The SMILES string of the molecule is CC(c1cc(F)c(C(N)=O)cc1F)C1CC1. The van der Waals surface area contributed by atoms with Crippen LogP contribution in [0.15, 0.2) is 12.1 Å². The van der Waals surface area contributed by atoms with Gasteiger partial charge in [0.2, 0.25) is 0 Å². The highest BCUT2D eigenvalue weighted by Gasteiger charge is 2.31. The van der Waals surface area contributed by atoms with Crippen molar-refractivity contribution < 1.29 is 13.6 Å². The van der Waals surface area contributed by atoms with E-state index in [0.717, 1.165) is 25.0 Å². The molecule has 1 unspecified atom stereocenters. The van der Waals surface area contributed by atoms with E-state index in [1.165, 1.54) is 0 Å². The Labute approximate surface area is 92.4 Å². The van der Waals surface area contributed by atoms with E-state index in [0.29, 0.717) is 11.5 Å². The maximum Gasteiger partial charge on any atom is 0.251 e. The minimum atomic E-state index is -0.943. The Morgan fingerprint density at radius 2 is 2.00 bits per heavy atom. The molecule has 0 aromatic heterocycles. The lowest BCUT2D eigenvalue weighted by Gasteiger charge is -2.12. The van der Waals surface area contributed by atoms with Gasteiger partial charge in [-0.25, -0.2) is 8.78 Å². The largest absolute Gasteiger partial charge is 0.366 e. The number of nitrogens with two attached hydrogens (primary N) is 1. The lowest BCUT2D eigenvalue weighted by Crippen LogP contribution is -2.14. The number of carbonyl (C=O) groups is 1. The van der Waals surface area contributed by atoms with Gasteiger partial charge in [0.05, 0.1) is 5.56 Å². The fourth-order valence-corrected chi connectivity index (χ4v) is 1.95. The third-order valence-corrected chi connectivity index (χ3v) is 3.17. The summed E-state index contributed by atoms with van der Waals surface area (Å²) in [6.07, 6.45) is 2.11. The number of hydrogen-bond acceptors (Lipinski definition) is 1. The zero-order chi connectivity index (χ0) is 11.9. The Morgan fingerprint density at radius 1 is 1.38 bits per heavy atom. The van der Waals surface area contributed by atoms with Crippen LogP contribution in [0.4, 0.5) is 8.78 Å². The van der Waals surface area contributed by atoms with Gasteiger partial charge in [0, 0.05) is 0 Å². The minimum Gasteiger partial charge on any atom is -0.366 e. The Balaban J connectivity index is 2.40.